The summed E-state index contributed by atoms with van der Waals surface area (Å²) in [6.07, 6.45) is -0.00601. The van der Waals surface area contributed by atoms with Crippen molar-refractivity contribution in [3.8, 4) is 17.2 Å². The maximum absolute atomic E-state index is 12.4. The van der Waals surface area contributed by atoms with Crippen LogP contribution in [0.3, 0.4) is 0 Å². The van der Waals surface area contributed by atoms with E-state index < -0.39 is 6.10 Å². The lowest BCUT2D eigenvalue weighted by Gasteiger charge is -2.17. The molecule has 6 heteroatoms. The summed E-state index contributed by atoms with van der Waals surface area (Å²) in [6.45, 7) is 2.11. The number of hydrogen-bond acceptors (Lipinski definition) is 4. The molecule has 1 aliphatic heterocycles. The summed E-state index contributed by atoms with van der Waals surface area (Å²) in [6, 6.07) is 12.7. The lowest BCUT2D eigenvalue weighted by molar-refractivity contribution is -0.122. The molecule has 2 aromatic carbocycles. The van der Waals surface area contributed by atoms with E-state index in [1.54, 1.807) is 18.2 Å². The van der Waals surface area contributed by atoms with Crippen LogP contribution >= 0.6 is 15.9 Å². The highest BCUT2D eigenvalue weighted by molar-refractivity contribution is 9.10. The first-order chi connectivity index (χ1) is 11.2. The van der Waals surface area contributed by atoms with Crippen LogP contribution in [0.1, 0.15) is 13.3 Å². The van der Waals surface area contributed by atoms with E-state index in [4.69, 9.17) is 14.2 Å². The average Bonchev–Trinajstić information content (AvgIpc) is 3.02. The molecule has 1 amide bonds. The molecule has 2 aromatic rings. The fourth-order valence-electron chi connectivity index (χ4n) is 2.20. The maximum Gasteiger partial charge on any atom is 0.265 e. The van der Waals surface area contributed by atoms with E-state index in [2.05, 4.69) is 21.2 Å². The second kappa shape index (κ2) is 6.91. The summed E-state index contributed by atoms with van der Waals surface area (Å²) >= 11 is 3.37. The number of carbonyl (C=O) groups is 1. The van der Waals surface area contributed by atoms with Gasteiger partial charge in [-0.15, -0.1) is 0 Å². The van der Waals surface area contributed by atoms with Crippen molar-refractivity contribution in [2.24, 2.45) is 0 Å². The molecule has 0 saturated heterocycles. The highest BCUT2D eigenvalue weighted by Gasteiger charge is 2.20. The summed E-state index contributed by atoms with van der Waals surface area (Å²) < 4.78 is 17.3. The Hall–Kier alpha value is -2.21. The molecule has 0 saturated carbocycles. The Morgan fingerprint density at radius 2 is 1.96 bits per heavy atom. The van der Waals surface area contributed by atoms with E-state index in [-0.39, 0.29) is 12.7 Å². The highest BCUT2D eigenvalue weighted by atomic mass is 79.9. The molecule has 5 nitrogen and oxygen atoms in total. The molecular weight excluding hydrogens is 362 g/mol. The van der Waals surface area contributed by atoms with E-state index in [9.17, 15) is 4.79 Å². The van der Waals surface area contributed by atoms with Crippen LogP contribution in [0.2, 0.25) is 0 Å². The Morgan fingerprint density at radius 1 is 1.22 bits per heavy atom. The van der Waals surface area contributed by atoms with Crippen molar-refractivity contribution >= 4 is 27.5 Å². The number of fused-ring (bicyclic) bond motifs is 1. The van der Waals surface area contributed by atoms with Gasteiger partial charge >= 0.3 is 0 Å². The topological polar surface area (TPSA) is 56.8 Å². The standard InChI is InChI=1S/C17H16BrNO4/c1-2-14(23-13-6-3-11(18)4-7-13)17(20)19-12-5-8-15-16(9-12)22-10-21-15/h3-9,14H,2,10H2,1H3,(H,19,20). The molecule has 1 aliphatic rings. The minimum absolute atomic E-state index is 0.200. The summed E-state index contributed by atoms with van der Waals surface area (Å²) in [4.78, 5) is 12.4. The van der Waals surface area contributed by atoms with Gasteiger partial charge in [-0.3, -0.25) is 4.79 Å². The van der Waals surface area contributed by atoms with Crippen molar-refractivity contribution in [3.63, 3.8) is 0 Å². The van der Waals surface area contributed by atoms with Gasteiger partial charge < -0.3 is 19.5 Å². The first-order valence-electron chi connectivity index (χ1n) is 7.28. The highest BCUT2D eigenvalue weighted by Crippen LogP contribution is 2.34. The maximum atomic E-state index is 12.4. The SMILES string of the molecule is CCC(Oc1ccc(Br)cc1)C(=O)Nc1ccc2c(c1)OCO2. The molecule has 3 rings (SSSR count). The van der Waals surface area contributed by atoms with E-state index in [0.717, 1.165) is 4.47 Å². The predicted molar refractivity (Wildman–Crippen MR) is 90.0 cm³/mol. The Morgan fingerprint density at radius 3 is 2.70 bits per heavy atom. The summed E-state index contributed by atoms with van der Waals surface area (Å²) in [7, 11) is 0. The number of amides is 1. The van der Waals surface area contributed by atoms with Crippen LogP contribution < -0.4 is 19.5 Å². The van der Waals surface area contributed by atoms with Crippen LogP contribution in [0.25, 0.3) is 0 Å². The summed E-state index contributed by atoms with van der Waals surface area (Å²) in [5, 5.41) is 2.85. The van der Waals surface area contributed by atoms with Gasteiger partial charge in [0.25, 0.3) is 5.91 Å². The van der Waals surface area contributed by atoms with Crippen molar-refractivity contribution in [1.82, 2.24) is 0 Å². The zero-order valence-corrected chi connectivity index (χ0v) is 14.1. The van der Waals surface area contributed by atoms with Gasteiger partial charge in [0.05, 0.1) is 0 Å². The van der Waals surface area contributed by atoms with Crippen LogP contribution in [0.15, 0.2) is 46.9 Å². The van der Waals surface area contributed by atoms with E-state index >= 15 is 0 Å². The monoisotopic (exact) mass is 377 g/mol. The predicted octanol–water partition coefficient (Wildman–Crippen LogP) is 3.97. The third kappa shape index (κ3) is 3.76. The van der Waals surface area contributed by atoms with Gasteiger partial charge in [-0.1, -0.05) is 22.9 Å². The normalized spacial score (nSPS) is 13.5. The first-order valence-corrected chi connectivity index (χ1v) is 8.07. The van der Waals surface area contributed by atoms with Crippen LogP contribution in [-0.2, 0) is 4.79 Å². The summed E-state index contributed by atoms with van der Waals surface area (Å²) in [5.41, 5.74) is 0.650. The van der Waals surface area contributed by atoms with Crippen molar-refractivity contribution in [1.29, 1.82) is 0 Å². The molecule has 0 spiro atoms. The van der Waals surface area contributed by atoms with Crippen LogP contribution in [0.4, 0.5) is 5.69 Å². The molecule has 0 aromatic heterocycles. The number of halogens is 1. The zero-order valence-electron chi connectivity index (χ0n) is 12.5. The van der Waals surface area contributed by atoms with Gasteiger partial charge in [0, 0.05) is 16.2 Å². The van der Waals surface area contributed by atoms with Gasteiger partial charge in [-0.05, 0) is 42.8 Å². The van der Waals surface area contributed by atoms with E-state index in [0.29, 0.717) is 29.4 Å². The second-order valence-corrected chi connectivity index (χ2v) is 5.94. The van der Waals surface area contributed by atoms with Gasteiger partial charge in [-0.25, -0.2) is 0 Å². The Balaban J connectivity index is 1.66. The molecule has 1 heterocycles. The zero-order chi connectivity index (χ0) is 16.2. The second-order valence-electron chi connectivity index (χ2n) is 5.03. The molecule has 1 N–H and O–H groups in total. The lowest BCUT2D eigenvalue weighted by atomic mass is 10.2. The Labute approximate surface area is 142 Å². The van der Waals surface area contributed by atoms with Crippen molar-refractivity contribution in [2.45, 2.75) is 19.4 Å². The number of ether oxygens (including phenoxy) is 3. The molecule has 0 fully saturated rings. The fraction of sp³-hybridized carbons (Fsp3) is 0.235. The Bertz CT molecular complexity index is 702. The lowest BCUT2D eigenvalue weighted by Crippen LogP contribution is -2.32. The molecule has 120 valence electrons. The van der Waals surface area contributed by atoms with Gasteiger partial charge in [0.1, 0.15) is 5.75 Å². The molecule has 1 atom stereocenters. The van der Waals surface area contributed by atoms with Crippen molar-refractivity contribution < 1.29 is 19.0 Å². The molecule has 0 bridgehead atoms. The number of rotatable bonds is 5. The molecular formula is C17H16BrNO4. The third-order valence-electron chi connectivity index (χ3n) is 3.40. The van der Waals surface area contributed by atoms with E-state index in [1.807, 2.05) is 31.2 Å². The third-order valence-corrected chi connectivity index (χ3v) is 3.92. The molecule has 0 radical (unpaired) electrons. The van der Waals surface area contributed by atoms with Gasteiger partial charge in [0.2, 0.25) is 6.79 Å². The van der Waals surface area contributed by atoms with Crippen LogP contribution in [0, 0.1) is 0 Å². The van der Waals surface area contributed by atoms with Gasteiger partial charge in [-0.2, -0.15) is 0 Å². The van der Waals surface area contributed by atoms with Crippen molar-refractivity contribution in [3.05, 3.63) is 46.9 Å². The minimum atomic E-state index is -0.568. The average molecular weight is 378 g/mol. The molecule has 23 heavy (non-hydrogen) atoms. The van der Waals surface area contributed by atoms with Crippen LogP contribution in [-0.4, -0.2) is 18.8 Å². The Kier molecular flexibility index (Phi) is 4.71. The van der Waals surface area contributed by atoms with Gasteiger partial charge in [0.15, 0.2) is 17.6 Å². The largest absolute Gasteiger partial charge is 0.481 e. The number of nitrogens with one attached hydrogen (secondary N) is 1. The smallest absolute Gasteiger partial charge is 0.265 e. The fourth-order valence-corrected chi connectivity index (χ4v) is 2.46. The number of hydrogen-bond donors (Lipinski definition) is 1. The molecule has 0 aliphatic carbocycles. The van der Waals surface area contributed by atoms with Crippen LogP contribution in [0.5, 0.6) is 17.2 Å². The number of anilines is 1. The number of carbonyl (C=O) groups excluding carboxylic acids is 1. The number of benzene rings is 2. The quantitative estimate of drug-likeness (QED) is 0.856. The van der Waals surface area contributed by atoms with Crippen molar-refractivity contribution in [2.75, 3.05) is 12.1 Å². The summed E-state index contributed by atoms with van der Waals surface area (Å²) in [5.74, 6) is 1.76. The first kappa shape index (κ1) is 15.7. The molecule has 1 unspecified atom stereocenters. The van der Waals surface area contributed by atoms with E-state index in [1.165, 1.54) is 0 Å². The minimum Gasteiger partial charge on any atom is -0.481 e.